The highest BCUT2D eigenvalue weighted by atomic mass is 19.1. The van der Waals surface area contributed by atoms with Gasteiger partial charge in [0, 0.05) is 6.04 Å². The molecule has 0 saturated carbocycles. The Morgan fingerprint density at radius 2 is 2.10 bits per heavy atom. The van der Waals surface area contributed by atoms with Crippen LogP contribution in [0.2, 0.25) is 0 Å². The molecule has 1 saturated heterocycles. The van der Waals surface area contributed by atoms with Crippen LogP contribution in [0.5, 0.6) is 0 Å². The van der Waals surface area contributed by atoms with Crippen molar-refractivity contribution < 1.29 is 4.39 Å². The Balaban J connectivity index is 1.88. The lowest BCUT2D eigenvalue weighted by Crippen LogP contribution is -2.30. The van der Waals surface area contributed by atoms with E-state index in [0.717, 1.165) is 18.5 Å². The predicted octanol–water partition coefficient (Wildman–Crippen LogP) is 3.99. The van der Waals surface area contributed by atoms with Gasteiger partial charge in [-0.25, -0.2) is 4.39 Å². The van der Waals surface area contributed by atoms with Crippen molar-refractivity contribution in [2.75, 3.05) is 26.7 Å². The maximum atomic E-state index is 13.4. The second-order valence-corrected chi connectivity index (χ2v) is 7.04. The van der Waals surface area contributed by atoms with Crippen molar-refractivity contribution >= 4 is 0 Å². The van der Waals surface area contributed by atoms with E-state index < -0.39 is 0 Å². The summed E-state index contributed by atoms with van der Waals surface area (Å²) in [4.78, 5) is 2.57. The molecule has 1 N–H and O–H groups in total. The number of hydrogen-bond acceptors (Lipinski definition) is 2. The van der Waals surface area contributed by atoms with E-state index in [1.54, 1.807) is 12.1 Å². The quantitative estimate of drug-likeness (QED) is 0.883. The van der Waals surface area contributed by atoms with Crippen molar-refractivity contribution in [3.05, 3.63) is 35.6 Å². The predicted molar refractivity (Wildman–Crippen MR) is 86.9 cm³/mol. The molecule has 2 rings (SSSR count). The molecule has 1 heterocycles. The van der Waals surface area contributed by atoms with Crippen molar-refractivity contribution in [1.82, 2.24) is 10.2 Å². The maximum Gasteiger partial charge on any atom is 0.123 e. The molecule has 1 aromatic carbocycles. The summed E-state index contributed by atoms with van der Waals surface area (Å²) in [7, 11) is 1.96. The van der Waals surface area contributed by atoms with E-state index in [1.165, 1.54) is 38.4 Å². The molecule has 0 aliphatic carbocycles. The van der Waals surface area contributed by atoms with Gasteiger partial charge >= 0.3 is 0 Å². The molecule has 1 aliphatic rings. The molecule has 0 bridgehead atoms. The fraction of sp³-hybridized carbons (Fsp3) is 0.667. The molecule has 0 radical (unpaired) electrons. The van der Waals surface area contributed by atoms with E-state index in [-0.39, 0.29) is 11.9 Å². The normalized spacial score (nSPS) is 21.0. The third-order valence-corrected chi connectivity index (χ3v) is 4.77. The van der Waals surface area contributed by atoms with Crippen LogP contribution in [-0.4, -0.2) is 31.6 Å². The Morgan fingerprint density at radius 3 is 2.81 bits per heavy atom. The van der Waals surface area contributed by atoms with Crippen molar-refractivity contribution in [2.24, 2.45) is 5.41 Å². The molecule has 1 atom stereocenters. The summed E-state index contributed by atoms with van der Waals surface area (Å²) in [6.45, 7) is 8.22. The maximum absolute atomic E-state index is 13.4. The van der Waals surface area contributed by atoms with E-state index in [2.05, 4.69) is 24.1 Å². The van der Waals surface area contributed by atoms with Gasteiger partial charge < -0.3 is 10.2 Å². The summed E-state index contributed by atoms with van der Waals surface area (Å²) in [6.07, 6.45) is 4.91. The summed E-state index contributed by atoms with van der Waals surface area (Å²) in [5, 5.41) is 3.32. The number of hydrogen-bond donors (Lipinski definition) is 1. The van der Waals surface area contributed by atoms with E-state index >= 15 is 0 Å². The van der Waals surface area contributed by atoms with Crippen molar-refractivity contribution in [1.29, 1.82) is 0 Å². The van der Waals surface area contributed by atoms with Gasteiger partial charge in [0.25, 0.3) is 0 Å². The number of rotatable bonds is 5. The average molecular weight is 292 g/mol. The standard InChI is InChI=1S/C18H29FN2/c1-18(2)9-5-11-21(13-10-18)12-8-17(20-3)15-6-4-7-16(19)14-15/h4,6-7,14,17,20H,5,8-13H2,1-3H3. The lowest BCUT2D eigenvalue weighted by molar-refractivity contribution is 0.251. The van der Waals surface area contributed by atoms with Gasteiger partial charge in [0.05, 0.1) is 0 Å². The van der Waals surface area contributed by atoms with Crippen LogP contribution in [0.4, 0.5) is 4.39 Å². The monoisotopic (exact) mass is 292 g/mol. The molecular formula is C18H29FN2. The number of halogens is 1. The van der Waals surface area contributed by atoms with Crippen LogP contribution in [-0.2, 0) is 0 Å². The first-order chi connectivity index (χ1) is 10.00. The highest BCUT2D eigenvalue weighted by Crippen LogP contribution is 2.30. The molecule has 3 heteroatoms. The first kappa shape index (κ1) is 16.4. The number of nitrogens with one attached hydrogen (secondary N) is 1. The van der Waals surface area contributed by atoms with E-state index in [0.29, 0.717) is 5.41 Å². The molecule has 118 valence electrons. The van der Waals surface area contributed by atoms with Gasteiger partial charge in [-0.15, -0.1) is 0 Å². The minimum Gasteiger partial charge on any atom is -0.313 e. The van der Waals surface area contributed by atoms with Crippen LogP contribution >= 0.6 is 0 Å². The van der Waals surface area contributed by atoms with Crippen molar-refractivity contribution in [2.45, 2.75) is 45.6 Å². The Hall–Kier alpha value is -0.930. The number of benzene rings is 1. The summed E-state index contributed by atoms with van der Waals surface area (Å²) in [5.41, 5.74) is 1.53. The number of likely N-dealkylation sites (tertiary alicyclic amines) is 1. The van der Waals surface area contributed by atoms with Crippen molar-refractivity contribution in [3.63, 3.8) is 0 Å². The summed E-state index contributed by atoms with van der Waals surface area (Å²) in [6, 6.07) is 7.19. The summed E-state index contributed by atoms with van der Waals surface area (Å²) < 4.78 is 13.4. The smallest absolute Gasteiger partial charge is 0.123 e. The Kier molecular flexibility index (Phi) is 5.77. The van der Waals surface area contributed by atoms with E-state index in [4.69, 9.17) is 0 Å². The lowest BCUT2D eigenvalue weighted by atomic mass is 9.85. The Bertz CT molecular complexity index is 445. The zero-order chi connectivity index (χ0) is 15.3. The molecular weight excluding hydrogens is 263 g/mol. The zero-order valence-electron chi connectivity index (χ0n) is 13.7. The minimum absolute atomic E-state index is 0.149. The Labute approximate surface area is 128 Å². The third kappa shape index (κ3) is 5.08. The first-order valence-corrected chi connectivity index (χ1v) is 8.15. The molecule has 0 amide bonds. The molecule has 1 unspecified atom stereocenters. The molecule has 1 aromatic rings. The van der Waals surface area contributed by atoms with E-state index in [1.807, 2.05) is 13.1 Å². The molecule has 1 aliphatic heterocycles. The highest BCUT2D eigenvalue weighted by Gasteiger charge is 2.23. The van der Waals surface area contributed by atoms with Crippen LogP contribution in [0.1, 0.15) is 51.1 Å². The van der Waals surface area contributed by atoms with Gasteiger partial charge in [-0.1, -0.05) is 26.0 Å². The molecule has 0 aromatic heterocycles. The van der Waals surface area contributed by atoms with Crippen LogP contribution < -0.4 is 5.32 Å². The largest absolute Gasteiger partial charge is 0.313 e. The second kappa shape index (κ2) is 7.37. The van der Waals surface area contributed by atoms with Gasteiger partial charge in [0.1, 0.15) is 5.82 Å². The third-order valence-electron chi connectivity index (χ3n) is 4.77. The molecule has 0 spiro atoms. The fourth-order valence-electron chi connectivity index (χ4n) is 3.22. The van der Waals surface area contributed by atoms with Crippen LogP contribution in [0, 0.1) is 11.2 Å². The molecule has 2 nitrogen and oxygen atoms in total. The van der Waals surface area contributed by atoms with Gasteiger partial charge in [0.15, 0.2) is 0 Å². The molecule has 21 heavy (non-hydrogen) atoms. The highest BCUT2D eigenvalue weighted by molar-refractivity contribution is 5.20. The van der Waals surface area contributed by atoms with Gasteiger partial charge in [-0.05, 0) is 75.5 Å². The van der Waals surface area contributed by atoms with Crippen LogP contribution in [0.25, 0.3) is 0 Å². The minimum atomic E-state index is -0.149. The average Bonchev–Trinajstić information content (AvgIpc) is 2.61. The second-order valence-electron chi connectivity index (χ2n) is 7.04. The van der Waals surface area contributed by atoms with Gasteiger partial charge in [0.2, 0.25) is 0 Å². The lowest BCUT2D eigenvalue weighted by Gasteiger charge is -2.25. The summed E-state index contributed by atoms with van der Waals surface area (Å²) >= 11 is 0. The molecule has 1 fully saturated rings. The first-order valence-electron chi connectivity index (χ1n) is 8.15. The summed E-state index contributed by atoms with van der Waals surface area (Å²) in [5.74, 6) is -0.149. The Morgan fingerprint density at radius 1 is 1.29 bits per heavy atom. The van der Waals surface area contributed by atoms with Crippen LogP contribution in [0.3, 0.4) is 0 Å². The number of nitrogens with zero attached hydrogens (tertiary/aromatic N) is 1. The zero-order valence-corrected chi connectivity index (χ0v) is 13.7. The fourth-order valence-corrected chi connectivity index (χ4v) is 3.22. The van der Waals surface area contributed by atoms with Crippen LogP contribution in [0.15, 0.2) is 24.3 Å². The topological polar surface area (TPSA) is 15.3 Å². The SMILES string of the molecule is CNC(CCN1CCCC(C)(C)CC1)c1cccc(F)c1. The van der Waals surface area contributed by atoms with E-state index in [9.17, 15) is 4.39 Å². The van der Waals surface area contributed by atoms with Crippen molar-refractivity contribution in [3.8, 4) is 0 Å². The van der Waals surface area contributed by atoms with Gasteiger partial charge in [-0.3, -0.25) is 0 Å². The van der Waals surface area contributed by atoms with Gasteiger partial charge in [-0.2, -0.15) is 0 Å².